The summed E-state index contributed by atoms with van der Waals surface area (Å²) in [6.45, 7) is 3.30. The molecule has 27 heavy (non-hydrogen) atoms. The van der Waals surface area contributed by atoms with Crippen molar-refractivity contribution >= 4 is 21.6 Å². The van der Waals surface area contributed by atoms with Crippen LogP contribution in [0.25, 0.3) is 0 Å². The van der Waals surface area contributed by atoms with Gasteiger partial charge in [-0.15, -0.1) is 0 Å². The van der Waals surface area contributed by atoms with E-state index in [9.17, 15) is 8.42 Å². The van der Waals surface area contributed by atoms with E-state index in [4.69, 9.17) is 16.3 Å². The van der Waals surface area contributed by atoms with Crippen LogP contribution in [0.5, 0.6) is 5.75 Å². The van der Waals surface area contributed by atoms with E-state index in [0.29, 0.717) is 5.75 Å². The fourth-order valence-corrected chi connectivity index (χ4v) is 4.67. The lowest BCUT2D eigenvalue weighted by molar-refractivity contribution is 0.220. The Balaban J connectivity index is 1.71. The maximum Gasteiger partial charge on any atom is 0.240 e. The molecule has 5 nitrogen and oxygen atoms in total. The van der Waals surface area contributed by atoms with Crippen molar-refractivity contribution in [1.82, 2.24) is 9.62 Å². The van der Waals surface area contributed by atoms with Gasteiger partial charge in [0.05, 0.1) is 17.0 Å². The summed E-state index contributed by atoms with van der Waals surface area (Å²) in [6, 6.07) is 12.4. The van der Waals surface area contributed by atoms with Gasteiger partial charge in [0, 0.05) is 13.1 Å². The van der Waals surface area contributed by atoms with E-state index in [2.05, 4.69) is 15.7 Å². The first-order valence-corrected chi connectivity index (χ1v) is 11.0. The van der Waals surface area contributed by atoms with Crippen molar-refractivity contribution in [3.8, 4) is 5.75 Å². The predicted octanol–water partition coefficient (Wildman–Crippen LogP) is 3.81. The summed E-state index contributed by atoms with van der Waals surface area (Å²) in [4.78, 5) is 2.56. The molecule has 0 bridgehead atoms. The summed E-state index contributed by atoms with van der Waals surface area (Å²) in [6.07, 6.45) is 3.75. The van der Waals surface area contributed by atoms with Crippen LogP contribution < -0.4 is 9.46 Å². The Morgan fingerprint density at radius 2 is 1.78 bits per heavy atom. The predicted molar refractivity (Wildman–Crippen MR) is 108 cm³/mol. The number of nitrogens with zero attached hydrogens (tertiary/aromatic N) is 1. The van der Waals surface area contributed by atoms with Crippen molar-refractivity contribution in [3.05, 3.63) is 58.6 Å². The number of methoxy groups -OCH3 is 1. The topological polar surface area (TPSA) is 58.6 Å². The van der Waals surface area contributed by atoms with E-state index >= 15 is 0 Å². The fourth-order valence-electron chi connectivity index (χ4n) is 3.31. The molecular weight excluding hydrogens is 384 g/mol. The maximum absolute atomic E-state index is 12.6. The van der Waals surface area contributed by atoms with Gasteiger partial charge in [-0.2, -0.15) is 0 Å². The van der Waals surface area contributed by atoms with Crippen molar-refractivity contribution < 1.29 is 13.2 Å². The third kappa shape index (κ3) is 5.23. The molecule has 0 radical (unpaired) electrons. The zero-order chi connectivity index (χ0) is 19.3. The largest absolute Gasteiger partial charge is 0.495 e. The molecule has 1 heterocycles. The Bertz CT molecular complexity index is 881. The molecule has 0 spiro atoms. The van der Waals surface area contributed by atoms with Crippen LogP contribution in [0.3, 0.4) is 0 Å². The molecule has 1 saturated heterocycles. The van der Waals surface area contributed by atoms with Gasteiger partial charge in [-0.25, -0.2) is 13.1 Å². The van der Waals surface area contributed by atoms with Crippen LogP contribution in [-0.4, -0.2) is 33.5 Å². The summed E-state index contributed by atoms with van der Waals surface area (Å²) in [5.41, 5.74) is 2.15. The maximum atomic E-state index is 12.6. The highest BCUT2D eigenvalue weighted by Crippen LogP contribution is 2.27. The van der Waals surface area contributed by atoms with Gasteiger partial charge in [-0.05, 0) is 55.3 Å². The minimum atomic E-state index is -3.66. The molecule has 1 N–H and O–H groups in total. The lowest BCUT2D eigenvalue weighted by atomic mass is 10.1. The van der Waals surface area contributed by atoms with Crippen LogP contribution in [0.4, 0.5) is 0 Å². The van der Waals surface area contributed by atoms with E-state index in [-0.39, 0.29) is 16.5 Å². The summed E-state index contributed by atoms with van der Waals surface area (Å²) >= 11 is 6.06. The van der Waals surface area contributed by atoms with Crippen molar-refractivity contribution in [1.29, 1.82) is 0 Å². The normalized spacial score (nSPS) is 15.6. The molecule has 0 unspecified atom stereocenters. The number of rotatable bonds is 7. The quantitative estimate of drug-likeness (QED) is 0.756. The molecule has 0 atom stereocenters. The Morgan fingerprint density at radius 3 is 2.44 bits per heavy atom. The number of sulfonamides is 1. The summed E-state index contributed by atoms with van der Waals surface area (Å²) in [5.74, 6) is 0.447. The average Bonchev–Trinajstić information content (AvgIpc) is 2.68. The molecule has 146 valence electrons. The Labute approximate surface area is 166 Å². The van der Waals surface area contributed by atoms with E-state index < -0.39 is 10.0 Å². The number of halogens is 1. The van der Waals surface area contributed by atoms with E-state index in [1.807, 2.05) is 18.2 Å². The molecule has 2 aromatic rings. The molecule has 3 rings (SSSR count). The van der Waals surface area contributed by atoms with Gasteiger partial charge in [0.1, 0.15) is 5.75 Å². The van der Waals surface area contributed by atoms with Gasteiger partial charge in [0.25, 0.3) is 0 Å². The standard InChI is InChI=1S/C20H25ClN2O3S/c1-26-20-10-9-18(13-19(20)21)27(24,25)22-14-16-7-3-4-8-17(16)15-23-11-5-2-6-12-23/h3-4,7-10,13,22H,2,5-6,11-12,14-15H2,1H3. The van der Waals surface area contributed by atoms with Crippen LogP contribution in [0.1, 0.15) is 30.4 Å². The minimum absolute atomic E-state index is 0.127. The molecular formula is C20H25ClN2O3S. The highest BCUT2D eigenvalue weighted by Gasteiger charge is 2.17. The molecule has 1 aliphatic heterocycles. The highest BCUT2D eigenvalue weighted by atomic mass is 35.5. The van der Waals surface area contributed by atoms with Crippen LogP contribution in [-0.2, 0) is 23.1 Å². The van der Waals surface area contributed by atoms with Crippen molar-refractivity contribution in [2.45, 2.75) is 37.2 Å². The van der Waals surface area contributed by atoms with Crippen LogP contribution in [0, 0.1) is 0 Å². The Hall–Kier alpha value is -1.60. The van der Waals surface area contributed by atoms with Gasteiger partial charge < -0.3 is 4.74 Å². The second-order valence-corrected chi connectivity index (χ2v) is 8.90. The summed E-state index contributed by atoms with van der Waals surface area (Å²) < 4.78 is 33.0. The van der Waals surface area contributed by atoms with Gasteiger partial charge in [-0.1, -0.05) is 42.3 Å². The second kappa shape index (κ2) is 9.06. The van der Waals surface area contributed by atoms with Crippen LogP contribution in [0.2, 0.25) is 5.02 Å². The first-order chi connectivity index (χ1) is 13.0. The Morgan fingerprint density at radius 1 is 1.07 bits per heavy atom. The molecule has 0 saturated carbocycles. The number of hydrogen-bond acceptors (Lipinski definition) is 4. The second-order valence-electron chi connectivity index (χ2n) is 6.73. The highest BCUT2D eigenvalue weighted by molar-refractivity contribution is 7.89. The van der Waals surface area contributed by atoms with Crippen molar-refractivity contribution in [3.63, 3.8) is 0 Å². The third-order valence-corrected chi connectivity index (χ3v) is 6.54. The molecule has 1 fully saturated rings. The van der Waals surface area contributed by atoms with Crippen molar-refractivity contribution in [2.75, 3.05) is 20.2 Å². The summed E-state index contributed by atoms with van der Waals surface area (Å²) in [7, 11) is -2.17. The molecule has 0 aliphatic carbocycles. The summed E-state index contributed by atoms with van der Waals surface area (Å²) in [5, 5.41) is 0.269. The number of nitrogens with one attached hydrogen (secondary N) is 1. The molecule has 0 aromatic heterocycles. The Kier molecular flexibility index (Phi) is 6.76. The van der Waals surface area contributed by atoms with Crippen LogP contribution in [0.15, 0.2) is 47.4 Å². The minimum Gasteiger partial charge on any atom is -0.495 e. The van der Waals surface area contributed by atoms with E-state index in [0.717, 1.165) is 30.8 Å². The first kappa shape index (κ1) is 20.1. The average molecular weight is 409 g/mol. The molecule has 7 heteroatoms. The number of likely N-dealkylation sites (tertiary alicyclic amines) is 1. The van der Waals surface area contributed by atoms with Gasteiger partial charge in [0.15, 0.2) is 0 Å². The smallest absolute Gasteiger partial charge is 0.240 e. The lowest BCUT2D eigenvalue weighted by Gasteiger charge is -2.27. The monoisotopic (exact) mass is 408 g/mol. The number of piperidine rings is 1. The number of benzene rings is 2. The van der Waals surface area contributed by atoms with Gasteiger partial charge in [0.2, 0.25) is 10.0 Å². The van der Waals surface area contributed by atoms with Crippen molar-refractivity contribution in [2.24, 2.45) is 0 Å². The van der Waals surface area contributed by atoms with Gasteiger partial charge >= 0.3 is 0 Å². The fraction of sp³-hybridized carbons (Fsp3) is 0.400. The van der Waals surface area contributed by atoms with Crippen LogP contribution >= 0.6 is 11.6 Å². The zero-order valence-corrected chi connectivity index (χ0v) is 17.0. The van der Waals surface area contributed by atoms with E-state index in [1.54, 1.807) is 6.07 Å². The molecule has 0 amide bonds. The number of hydrogen-bond donors (Lipinski definition) is 1. The zero-order valence-electron chi connectivity index (χ0n) is 15.4. The lowest BCUT2D eigenvalue weighted by Crippen LogP contribution is -2.30. The molecule has 1 aliphatic rings. The SMILES string of the molecule is COc1ccc(S(=O)(=O)NCc2ccccc2CN2CCCCC2)cc1Cl. The molecule has 2 aromatic carbocycles. The van der Waals surface area contributed by atoms with Gasteiger partial charge in [-0.3, -0.25) is 4.90 Å². The third-order valence-electron chi connectivity index (χ3n) is 4.85. The first-order valence-electron chi connectivity index (χ1n) is 9.12. The van der Waals surface area contributed by atoms with E-state index in [1.165, 1.54) is 38.5 Å². The number of ether oxygens (including phenoxy) is 1.